The second-order valence-corrected chi connectivity index (χ2v) is 22.1. The Hall–Kier alpha value is -4.16. The number of aliphatic hydroxyl groups is 1. The van der Waals surface area contributed by atoms with E-state index < -0.39 is 16.8 Å². The Morgan fingerprint density at radius 1 is 0.662 bits per heavy atom. The molecule has 2 saturated heterocycles. The van der Waals surface area contributed by atoms with Crippen molar-refractivity contribution in [2.24, 2.45) is 22.7 Å². The van der Waals surface area contributed by atoms with Crippen molar-refractivity contribution in [3.05, 3.63) is 145 Å². The maximum absolute atomic E-state index is 13.3. The van der Waals surface area contributed by atoms with Gasteiger partial charge in [0.1, 0.15) is 28.7 Å². The molecule has 3 aromatic rings. The normalized spacial score (nSPS) is 23.0. The van der Waals surface area contributed by atoms with Gasteiger partial charge in [-0.05, 0) is 143 Å². The minimum Gasteiger partial charge on any atom is -1.00 e. The number of carbonyl (C=O) groups excluding carboxylic acids is 3. The summed E-state index contributed by atoms with van der Waals surface area (Å²) in [6.45, 7) is 18.9. The Balaban J connectivity index is 0.000000284. The third-order valence-corrected chi connectivity index (χ3v) is 17.0. The van der Waals surface area contributed by atoms with Crippen LogP contribution in [0.2, 0.25) is 0 Å². The summed E-state index contributed by atoms with van der Waals surface area (Å²) in [5, 5.41) is 10.3. The molecule has 14 heteroatoms. The van der Waals surface area contributed by atoms with Gasteiger partial charge in [0.15, 0.2) is 0 Å². The standard InChI is InChI=1S/2C21H28FNO2.C12H14ClFO.C9H15NO.Na.H/c2*1-3-13-21(18-9-11-19(22)12-10-18)14-15-23(20(24)25-21)16(2)17-7-5-4-6-8-17;1-2-7-12(15,8-9-13)10-3-5-11(14)6-4-10;1-8(10-7-11)9-5-3-2-4-6-9;;/h2*3,9-12,16-17H,1,4-8,13-15H2,2H3;2-6,15H,1,7-9H2;8-9H,2-6H2,1H3;;/q;;;;+1;-1/t16-,21+;16-,21-;;8-;;/m00.0../s1. The largest absolute Gasteiger partial charge is 1.00 e. The molecule has 0 bridgehead atoms. The molecule has 2 amide bonds. The third-order valence-electron chi connectivity index (χ3n) is 16.8. The number of nitrogens with zero attached hydrogens (tertiary/aromatic N) is 3. The molecule has 1 unspecified atom stereocenters. The van der Waals surface area contributed by atoms with Crippen LogP contribution < -0.4 is 29.6 Å². The Labute approximate surface area is 487 Å². The van der Waals surface area contributed by atoms with Crippen molar-refractivity contribution in [1.29, 1.82) is 0 Å². The minimum atomic E-state index is -1.03. The minimum absolute atomic E-state index is 0. The van der Waals surface area contributed by atoms with E-state index in [4.69, 9.17) is 21.1 Å². The van der Waals surface area contributed by atoms with Crippen molar-refractivity contribution in [2.45, 2.75) is 191 Å². The van der Waals surface area contributed by atoms with Crippen LogP contribution in [0, 0.1) is 35.2 Å². The SMILES string of the molecule is C=CCC(O)(CCCl)c1ccc(F)cc1.C=CC[C@@]1(c2ccc(F)cc2)CCN([C@@H](C)C2CCCCC2)C(=O)O1.C=CC[C@]1(c2ccc(F)cc2)CCN([C@@H](C)C2CCCCC2)C(=O)O1.C[C@H](N=C=O)C1CCCCC1.[H-].[Na+]. The van der Waals surface area contributed by atoms with Crippen molar-refractivity contribution in [3.8, 4) is 0 Å². The summed E-state index contributed by atoms with van der Waals surface area (Å²) in [6, 6.07) is 19.0. The number of hydrogen-bond donors (Lipinski definition) is 1. The molecule has 0 aromatic heterocycles. The van der Waals surface area contributed by atoms with E-state index in [1.54, 1.807) is 60.7 Å². The van der Waals surface area contributed by atoms with Gasteiger partial charge in [0, 0.05) is 56.7 Å². The first kappa shape index (κ1) is 65.4. The molecule has 0 spiro atoms. The number of rotatable bonds is 17. The van der Waals surface area contributed by atoms with E-state index in [1.807, 2.05) is 16.7 Å². The van der Waals surface area contributed by atoms with Gasteiger partial charge in [0.05, 0.1) is 11.6 Å². The molecule has 6 atom stereocenters. The first-order chi connectivity index (χ1) is 36.6. The van der Waals surface area contributed by atoms with E-state index in [9.17, 15) is 32.7 Å². The average Bonchev–Trinajstić information content (AvgIpc) is 3.43. The fraction of sp³-hybridized carbons (Fsp3) is 0.571. The molecule has 3 aliphatic carbocycles. The van der Waals surface area contributed by atoms with Crippen LogP contribution in [0.25, 0.3) is 0 Å². The number of halogens is 4. The zero-order chi connectivity index (χ0) is 55.1. The number of alkyl halides is 1. The van der Waals surface area contributed by atoms with E-state index >= 15 is 0 Å². The predicted molar refractivity (Wildman–Crippen MR) is 299 cm³/mol. The summed E-state index contributed by atoms with van der Waals surface area (Å²) >= 11 is 5.63. The second kappa shape index (κ2) is 32.8. The van der Waals surface area contributed by atoms with Crippen molar-refractivity contribution in [1.82, 2.24) is 9.80 Å². The van der Waals surface area contributed by atoms with Gasteiger partial charge in [-0.25, -0.2) is 32.5 Å². The van der Waals surface area contributed by atoms with Crippen LogP contribution in [-0.4, -0.2) is 70.3 Å². The monoisotopic (exact) mass is 1100 g/mol. The number of carbonyl (C=O) groups is 2. The number of amides is 2. The van der Waals surface area contributed by atoms with E-state index in [1.165, 1.54) is 133 Å². The molecule has 0 radical (unpaired) electrons. The number of ether oxygens (including phenoxy) is 2. The van der Waals surface area contributed by atoms with E-state index in [-0.39, 0.29) is 78.7 Å². The van der Waals surface area contributed by atoms with Gasteiger partial charge in [-0.2, -0.15) is 0 Å². The van der Waals surface area contributed by atoms with Gasteiger partial charge >= 0.3 is 41.7 Å². The molecule has 3 aromatic carbocycles. The van der Waals surface area contributed by atoms with E-state index in [2.05, 4.69) is 38.6 Å². The van der Waals surface area contributed by atoms with Crippen LogP contribution >= 0.6 is 11.6 Å². The third kappa shape index (κ3) is 18.7. The zero-order valence-electron chi connectivity index (χ0n) is 47.6. The van der Waals surface area contributed by atoms with Crippen molar-refractivity contribution < 1.29 is 73.1 Å². The number of cyclic esters (lactones) is 2. The van der Waals surface area contributed by atoms with Crippen LogP contribution in [0.1, 0.15) is 174 Å². The topological polar surface area (TPSA) is 109 Å². The van der Waals surface area contributed by atoms with Gasteiger partial charge in [-0.15, -0.1) is 31.3 Å². The molecule has 5 aliphatic rings. The smallest absolute Gasteiger partial charge is 1.00 e. The van der Waals surface area contributed by atoms with Crippen LogP contribution in [0.4, 0.5) is 22.8 Å². The molecule has 2 heterocycles. The molecule has 1 N–H and O–H groups in total. The quantitative estimate of drug-likeness (QED) is 0.0474. The summed E-state index contributed by atoms with van der Waals surface area (Å²) in [5.74, 6) is 1.25. The maximum atomic E-state index is 13.3. The fourth-order valence-corrected chi connectivity index (χ4v) is 12.4. The summed E-state index contributed by atoms with van der Waals surface area (Å²) < 4.78 is 51.2. The van der Waals surface area contributed by atoms with Crippen molar-refractivity contribution in [2.75, 3.05) is 19.0 Å². The van der Waals surface area contributed by atoms with E-state index in [0.29, 0.717) is 80.8 Å². The van der Waals surface area contributed by atoms with Gasteiger partial charge in [0.25, 0.3) is 0 Å². The number of hydrogen-bond acceptors (Lipinski definition) is 7. The van der Waals surface area contributed by atoms with Gasteiger partial charge in [0.2, 0.25) is 6.08 Å². The average molecular weight is 1100 g/mol. The van der Waals surface area contributed by atoms with Crippen molar-refractivity contribution >= 4 is 29.9 Å². The Morgan fingerprint density at radius 2 is 1.03 bits per heavy atom. The van der Waals surface area contributed by atoms with Crippen LogP contribution in [-0.2, 0) is 31.1 Å². The fourth-order valence-electron chi connectivity index (χ4n) is 12.0. The van der Waals surface area contributed by atoms with Crippen molar-refractivity contribution in [3.63, 3.8) is 0 Å². The molecule has 77 heavy (non-hydrogen) atoms. The summed E-state index contributed by atoms with van der Waals surface area (Å²) in [6.07, 6.45) is 28.5. The summed E-state index contributed by atoms with van der Waals surface area (Å²) in [7, 11) is 0. The summed E-state index contributed by atoms with van der Waals surface area (Å²) in [4.78, 5) is 43.1. The molecule has 5 fully saturated rings. The first-order valence-corrected chi connectivity index (χ1v) is 28.6. The van der Waals surface area contributed by atoms with Crippen LogP contribution in [0.15, 0.2) is 116 Å². The van der Waals surface area contributed by atoms with E-state index in [0.717, 1.165) is 11.1 Å². The van der Waals surface area contributed by atoms with Gasteiger partial charge < -0.3 is 25.8 Å². The second-order valence-electron chi connectivity index (χ2n) is 21.7. The van der Waals surface area contributed by atoms with Crippen LogP contribution in [0.5, 0.6) is 0 Å². The molecule has 9 nitrogen and oxygen atoms in total. The molecule has 3 saturated carbocycles. The van der Waals surface area contributed by atoms with Gasteiger partial charge in [-0.3, -0.25) is 0 Å². The molecule has 2 aliphatic heterocycles. The Kier molecular flexibility index (Phi) is 27.8. The zero-order valence-corrected chi connectivity index (χ0v) is 49.3. The summed E-state index contributed by atoms with van der Waals surface area (Å²) in [5.41, 5.74) is -0.134. The molecular formula is C63H86ClF3N3NaO6. The number of isocyanates is 1. The Morgan fingerprint density at radius 3 is 1.35 bits per heavy atom. The molecular weight excluding hydrogens is 1010 g/mol. The molecule has 418 valence electrons. The predicted octanol–water partition coefficient (Wildman–Crippen LogP) is 13.4. The number of benzene rings is 3. The Bertz CT molecular complexity index is 2220. The maximum Gasteiger partial charge on any atom is 1.00 e. The van der Waals surface area contributed by atoms with Gasteiger partial charge in [-0.1, -0.05) is 112 Å². The first-order valence-electron chi connectivity index (χ1n) is 28.0. The number of aliphatic imine (C=N–C) groups is 1. The molecule has 8 rings (SSSR count). The van der Waals surface area contributed by atoms with Crippen LogP contribution in [0.3, 0.4) is 0 Å².